The third kappa shape index (κ3) is 4.89. The molecule has 0 spiro atoms. The predicted molar refractivity (Wildman–Crippen MR) is 111 cm³/mol. The Morgan fingerprint density at radius 1 is 0.972 bits per heavy atom. The summed E-state index contributed by atoms with van der Waals surface area (Å²) < 4.78 is 104. The number of amides is 1. The second kappa shape index (κ2) is 8.32. The Morgan fingerprint density at radius 3 is 2.03 bits per heavy atom. The maximum Gasteiger partial charge on any atom is 0.416 e. The van der Waals surface area contributed by atoms with E-state index in [0.717, 1.165) is 16.8 Å². The number of hydrogen-bond donors (Lipinski definition) is 1. The molecule has 1 N–H and O–H groups in total. The van der Waals surface area contributed by atoms with Crippen LogP contribution >= 0.6 is 0 Å². The molecule has 16 heteroatoms. The van der Waals surface area contributed by atoms with Crippen molar-refractivity contribution in [3.05, 3.63) is 80.5 Å². The smallest absolute Gasteiger partial charge is 0.306 e. The number of nitro benzene ring substituents is 1. The number of carbonyl (C=O) groups excluding carboxylic acids is 1. The first-order chi connectivity index (χ1) is 16.5. The van der Waals surface area contributed by atoms with Crippen LogP contribution in [0.3, 0.4) is 0 Å². The van der Waals surface area contributed by atoms with Gasteiger partial charge in [0.25, 0.3) is 11.6 Å². The van der Waals surface area contributed by atoms with Gasteiger partial charge in [0.05, 0.1) is 38.9 Å². The van der Waals surface area contributed by atoms with Crippen LogP contribution in [0.25, 0.3) is 5.69 Å². The van der Waals surface area contributed by atoms with Gasteiger partial charge in [0.15, 0.2) is 9.84 Å². The highest BCUT2D eigenvalue weighted by Gasteiger charge is 2.38. The zero-order valence-electron chi connectivity index (χ0n) is 17.5. The lowest BCUT2D eigenvalue weighted by molar-refractivity contribution is -0.384. The van der Waals surface area contributed by atoms with Gasteiger partial charge in [-0.15, -0.1) is 0 Å². The van der Waals surface area contributed by atoms with Gasteiger partial charge in [0, 0.05) is 23.3 Å². The number of aromatic nitrogens is 2. The van der Waals surface area contributed by atoms with Gasteiger partial charge in [-0.05, 0) is 30.3 Å². The zero-order chi connectivity index (χ0) is 26.6. The third-order valence-corrected chi connectivity index (χ3v) is 6.62. The molecule has 4 rings (SSSR count). The van der Waals surface area contributed by atoms with Crippen molar-refractivity contribution in [2.24, 2.45) is 0 Å². The summed E-state index contributed by atoms with van der Waals surface area (Å²) in [4.78, 5) is 23.0. The highest BCUT2D eigenvalue weighted by molar-refractivity contribution is 7.90. The number of anilines is 1. The summed E-state index contributed by atoms with van der Waals surface area (Å²) in [5.41, 5.74) is -4.59. The number of hydrogen-bond acceptors (Lipinski definition) is 6. The molecule has 190 valence electrons. The summed E-state index contributed by atoms with van der Waals surface area (Å²) in [5, 5.41) is 17.1. The van der Waals surface area contributed by atoms with Crippen LogP contribution in [0.1, 0.15) is 32.7 Å². The third-order valence-electron chi connectivity index (χ3n) is 5.17. The van der Waals surface area contributed by atoms with E-state index in [4.69, 9.17) is 0 Å². The molecule has 9 nitrogen and oxygen atoms in total. The van der Waals surface area contributed by atoms with Crippen molar-refractivity contribution in [3.63, 3.8) is 0 Å². The van der Waals surface area contributed by atoms with E-state index in [1.54, 1.807) is 0 Å². The fourth-order valence-electron chi connectivity index (χ4n) is 3.54. The van der Waals surface area contributed by atoms with Crippen LogP contribution in [-0.4, -0.2) is 29.0 Å². The second-order valence-corrected chi connectivity index (χ2v) is 9.80. The maximum absolute atomic E-state index is 13.2. The molecule has 1 aliphatic heterocycles. The van der Waals surface area contributed by atoms with Crippen LogP contribution in [0.5, 0.6) is 0 Å². The molecule has 0 radical (unpaired) electrons. The fourth-order valence-corrected chi connectivity index (χ4v) is 5.03. The van der Waals surface area contributed by atoms with Crippen molar-refractivity contribution in [1.82, 2.24) is 9.78 Å². The van der Waals surface area contributed by atoms with E-state index < -0.39 is 61.2 Å². The summed E-state index contributed by atoms with van der Waals surface area (Å²) >= 11 is 0. The van der Waals surface area contributed by atoms with Crippen LogP contribution in [-0.2, 0) is 33.7 Å². The topological polar surface area (TPSA) is 124 Å². The first kappa shape index (κ1) is 25.2. The number of non-ortho nitro benzene ring substituents is 1. The molecule has 36 heavy (non-hydrogen) atoms. The Labute approximate surface area is 197 Å². The van der Waals surface area contributed by atoms with Crippen LogP contribution in [0.2, 0.25) is 0 Å². The molecule has 3 aromatic rings. The van der Waals surface area contributed by atoms with Crippen molar-refractivity contribution in [1.29, 1.82) is 0 Å². The molecule has 2 aromatic carbocycles. The number of carbonyl (C=O) groups is 1. The largest absolute Gasteiger partial charge is 0.416 e. The van der Waals surface area contributed by atoms with Crippen molar-refractivity contribution < 1.29 is 44.5 Å². The van der Waals surface area contributed by atoms with Crippen molar-refractivity contribution in [3.8, 4) is 5.69 Å². The average molecular weight is 534 g/mol. The molecule has 0 atom stereocenters. The summed E-state index contributed by atoms with van der Waals surface area (Å²) in [6, 6.07) is 4.94. The summed E-state index contributed by atoms with van der Waals surface area (Å²) in [6.45, 7) is 0. The number of alkyl halides is 6. The van der Waals surface area contributed by atoms with Gasteiger partial charge < -0.3 is 5.32 Å². The van der Waals surface area contributed by atoms with E-state index in [9.17, 15) is 49.7 Å². The number of rotatable bonds is 4. The van der Waals surface area contributed by atoms with Gasteiger partial charge in [0.2, 0.25) is 0 Å². The highest BCUT2D eigenvalue weighted by Crippen LogP contribution is 2.37. The molecule has 1 aliphatic rings. The Bertz CT molecular complexity index is 1460. The highest BCUT2D eigenvalue weighted by atomic mass is 32.2. The van der Waals surface area contributed by atoms with Crippen LogP contribution < -0.4 is 5.32 Å². The lowest BCUT2D eigenvalue weighted by atomic mass is 10.0. The molecule has 0 fully saturated rings. The summed E-state index contributed by atoms with van der Waals surface area (Å²) in [7, 11) is -3.67. The molecule has 0 bridgehead atoms. The van der Waals surface area contributed by atoms with Crippen molar-refractivity contribution in [2.45, 2.75) is 23.9 Å². The molecule has 1 aromatic heterocycles. The Morgan fingerprint density at radius 2 is 1.53 bits per heavy atom. The predicted octanol–water partition coefficient (Wildman–Crippen LogP) is 4.50. The van der Waals surface area contributed by atoms with Crippen LogP contribution in [0.15, 0.2) is 42.5 Å². The number of sulfone groups is 1. The van der Waals surface area contributed by atoms with Crippen molar-refractivity contribution >= 4 is 27.2 Å². The first-order valence-corrected chi connectivity index (χ1v) is 11.5. The average Bonchev–Trinajstić information content (AvgIpc) is 3.24. The van der Waals surface area contributed by atoms with E-state index >= 15 is 0 Å². The molecular weight excluding hydrogens is 522 g/mol. The first-order valence-electron chi connectivity index (χ1n) is 9.72. The summed E-state index contributed by atoms with van der Waals surface area (Å²) in [6.07, 6.45) is -10.4. The molecule has 0 saturated heterocycles. The fraction of sp³-hybridized carbons (Fsp3) is 0.200. The molecule has 2 heterocycles. The van der Waals surface area contributed by atoms with Gasteiger partial charge >= 0.3 is 12.4 Å². The van der Waals surface area contributed by atoms with E-state index in [0.29, 0.717) is 0 Å². The quantitative estimate of drug-likeness (QED) is 0.299. The van der Waals surface area contributed by atoms with E-state index in [1.165, 1.54) is 12.1 Å². The zero-order valence-corrected chi connectivity index (χ0v) is 18.3. The minimum absolute atomic E-state index is 0.00340. The summed E-state index contributed by atoms with van der Waals surface area (Å²) in [5.74, 6) is -2.81. The van der Waals surface area contributed by atoms with Gasteiger partial charge in [-0.1, -0.05) is 0 Å². The van der Waals surface area contributed by atoms with Crippen LogP contribution in [0, 0.1) is 10.1 Å². The maximum atomic E-state index is 13.2. The lowest BCUT2D eigenvalue weighted by Crippen LogP contribution is -2.19. The number of halogens is 6. The normalized spacial score (nSPS) is 14.9. The van der Waals surface area contributed by atoms with E-state index in [-0.39, 0.29) is 46.6 Å². The Balaban J connectivity index is 1.80. The number of nitrogens with one attached hydrogen (secondary N) is 1. The number of nitrogens with zero attached hydrogens (tertiary/aromatic N) is 3. The van der Waals surface area contributed by atoms with E-state index in [2.05, 4.69) is 10.4 Å². The van der Waals surface area contributed by atoms with Gasteiger partial charge in [-0.3, -0.25) is 14.9 Å². The Kier molecular flexibility index (Phi) is 5.81. The van der Waals surface area contributed by atoms with E-state index in [1.807, 2.05) is 0 Å². The minimum atomic E-state index is -5.19. The van der Waals surface area contributed by atoms with Gasteiger partial charge in [-0.2, -0.15) is 31.4 Å². The molecule has 0 unspecified atom stereocenters. The lowest BCUT2D eigenvalue weighted by Gasteiger charge is -2.15. The second-order valence-electron chi connectivity index (χ2n) is 7.74. The number of fused-ring (bicyclic) bond motifs is 1. The minimum Gasteiger partial charge on any atom is -0.306 e. The van der Waals surface area contributed by atoms with Gasteiger partial charge in [0.1, 0.15) is 5.82 Å². The number of benzene rings is 2. The number of nitro groups is 1. The molecule has 0 saturated carbocycles. The Hall–Kier alpha value is -3.95. The SMILES string of the molecule is O=C(Nc1c2c(nn1-c1ccc([N+](=O)[O-])cc1)CS(=O)(=O)C2)c1cc(C(F)(F)F)cc(C(F)(F)F)c1. The standard InChI is InChI=1S/C20H12F6N4O5S/c21-19(22,23)11-5-10(6-12(7-11)20(24,25)26)18(31)27-17-15-8-36(34,35)9-16(15)28-29(17)13-1-3-14(4-2-13)30(32)33/h1-7H,8-9H2,(H,27,31). The van der Waals surface area contributed by atoms with Crippen LogP contribution in [0.4, 0.5) is 37.8 Å². The monoisotopic (exact) mass is 534 g/mol. The molecule has 0 aliphatic carbocycles. The van der Waals surface area contributed by atoms with Gasteiger partial charge in [-0.25, -0.2) is 13.1 Å². The molecule has 1 amide bonds. The molecular formula is C20H12F6N4O5S. The van der Waals surface area contributed by atoms with Crippen molar-refractivity contribution in [2.75, 3.05) is 5.32 Å².